The summed E-state index contributed by atoms with van der Waals surface area (Å²) in [6.07, 6.45) is 0. The highest BCUT2D eigenvalue weighted by atomic mass is 15.0. The number of fused-ring (bicyclic) bond motifs is 15. The van der Waals surface area contributed by atoms with Crippen molar-refractivity contribution in [1.29, 1.82) is 0 Å². The van der Waals surface area contributed by atoms with Crippen molar-refractivity contribution >= 4 is 65.4 Å². The fourth-order valence-corrected chi connectivity index (χ4v) is 15.6. The minimum absolute atomic E-state index is 0.102. The Labute approximate surface area is 512 Å². The van der Waals surface area contributed by atoms with Crippen LogP contribution in [0.5, 0.6) is 0 Å². The second-order valence-electron chi connectivity index (χ2n) is 25.8. The molecule has 18 rings (SSSR count). The highest BCUT2D eigenvalue weighted by molar-refractivity contribution is 6.15. The van der Waals surface area contributed by atoms with Crippen LogP contribution in [0.4, 0.5) is 0 Å². The monoisotopic (exact) mass is 1120 g/mol. The third-order valence-corrected chi connectivity index (χ3v) is 20.1. The van der Waals surface area contributed by atoms with Gasteiger partial charge in [0.25, 0.3) is 0 Å². The molecule has 3 heteroatoms. The topological polar surface area (TPSA) is 14.8 Å². The number of para-hydroxylation sites is 2. The summed E-state index contributed by atoms with van der Waals surface area (Å²) in [5.74, 6) is 0. The van der Waals surface area contributed by atoms with E-state index in [1.54, 1.807) is 0 Å². The van der Waals surface area contributed by atoms with E-state index in [0.717, 1.165) is 16.7 Å². The quantitative estimate of drug-likeness (QED) is 0.151. The zero-order valence-corrected chi connectivity index (χ0v) is 49.9. The van der Waals surface area contributed by atoms with Crippen molar-refractivity contribution in [2.24, 2.45) is 0 Å². The molecule has 3 nitrogen and oxygen atoms in total. The maximum atomic E-state index is 2.50. The average Bonchev–Trinajstić information content (AvgIpc) is 1.70. The van der Waals surface area contributed by atoms with Gasteiger partial charge in [-0.15, -0.1) is 0 Å². The van der Waals surface area contributed by atoms with Gasteiger partial charge >= 0.3 is 0 Å². The van der Waals surface area contributed by atoms with E-state index >= 15 is 0 Å². The van der Waals surface area contributed by atoms with Gasteiger partial charge in [0.15, 0.2) is 0 Å². The maximum Gasteiger partial charge on any atom is 0.0541 e. The first-order valence-electron chi connectivity index (χ1n) is 31.0. The van der Waals surface area contributed by atoms with Crippen molar-refractivity contribution in [3.05, 3.63) is 307 Å². The van der Waals surface area contributed by atoms with E-state index in [1.165, 1.54) is 160 Å². The molecule has 13 aromatic carbocycles. The van der Waals surface area contributed by atoms with Crippen LogP contribution >= 0.6 is 0 Å². The van der Waals surface area contributed by atoms with E-state index in [2.05, 4.69) is 327 Å². The predicted octanol–water partition coefficient (Wildman–Crippen LogP) is 22.6. The van der Waals surface area contributed by atoms with Crippen LogP contribution in [0, 0.1) is 6.92 Å². The Kier molecular flexibility index (Phi) is 10.7. The molecule has 88 heavy (non-hydrogen) atoms. The Balaban J connectivity index is 0.814. The fraction of sp³-hybridized carbons (Fsp3) is 0.0824. The van der Waals surface area contributed by atoms with Gasteiger partial charge in [-0.25, -0.2) is 0 Å². The Bertz CT molecular complexity index is 5340. The second kappa shape index (κ2) is 18.6. The molecule has 0 saturated carbocycles. The number of benzene rings is 13. The van der Waals surface area contributed by atoms with Crippen molar-refractivity contribution in [1.82, 2.24) is 13.7 Å². The predicted molar refractivity (Wildman–Crippen MR) is 371 cm³/mol. The summed E-state index contributed by atoms with van der Waals surface area (Å²) in [6, 6.07) is 105. The SMILES string of the molecule is Cc1ccc(-c2cc(-c3ccccc3)cc(-n3c4ccc(-c5ccc6c(c5)c5ccccc5n6-c5ccc6c(c5)C(C)(C)c5ccccc5-6)cc4c4cc(-c5ccc6c(c5)c5ccccc5n6-c5ccc6c(c5)C(C)(C)c5ccccc5-6)ccc43)c2)cc1. The molecule has 416 valence electrons. The van der Waals surface area contributed by atoms with E-state index in [9.17, 15) is 0 Å². The minimum atomic E-state index is -0.102. The Morgan fingerprint density at radius 1 is 0.216 bits per heavy atom. The van der Waals surface area contributed by atoms with Crippen molar-refractivity contribution in [3.63, 3.8) is 0 Å². The van der Waals surface area contributed by atoms with Gasteiger partial charge in [-0.3, -0.25) is 0 Å². The number of aromatic nitrogens is 3. The summed E-state index contributed by atoms with van der Waals surface area (Å²) >= 11 is 0. The maximum absolute atomic E-state index is 2.50. The number of nitrogens with zero attached hydrogens (tertiary/aromatic N) is 3. The van der Waals surface area contributed by atoms with Crippen molar-refractivity contribution in [2.75, 3.05) is 0 Å². The summed E-state index contributed by atoms with van der Waals surface area (Å²) in [5.41, 5.74) is 32.0. The Morgan fingerprint density at radius 2 is 0.557 bits per heavy atom. The molecule has 0 spiro atoms. The average molecular weight is 1120 g/mol. The molecule has 0 N–H and O–H groups in total. The first-order chi connectivity index (χ1) is 43.0. The number of rotatable bonds is 7. The zero-order chi connectivity index (χ0) is 58.7. The molecule has 0 unspecified atom stereocenters. The van der Waals surface area contributed by atoms with Gasteiger partial charge in [-0.2, -0.15) is 0 Å². The van der Waals surface area contributed by atoms with Crippen molar-refractivity contribution < 1.29 is 0 Å². The van der Waals surface area contributed by atoms with Gasteiger partial charge in [0, 0.05) is 60.2 Å². The lowest BCUT2D eigenvalue weighted by Gasteiger charge is -2.22. The van der Waals surface area contributed by atoms with Crippen LogP contribution in [-0.4, -0.2) is 13.7 Å². The van der Waals surface area contributed by atoms with Gasteiger partial charge < -0.3 is 13.7 Å². The van der Waals surface area contributed by atoms with Gasteiger partial charge in [0.2, 0.25) is 0 Å². The van der Waals surface area contributed by atoms with Gasteiger partial charge in [-0.05, 0) is 199 Å². The van der Waals surface area contributed by atoms with E-state index in [0.29, 0.717) is 0 Å². The summed E-state index contributed by atoms with van der Waals surface area (Å²) in [5, 5.41) is 7.39. The Morgan fingerprint density at radius 3 is 1.01 bits per heavy atom. The molecule has 3 heterocycles. The summed E-state index contributed by atoms with van der Waals surface area (Å²) < 4.78 is 7.45. The van der Waals surface area contributed by atoms with Gasteiger partial charge in [-0.1, -0.05) is 209 Å². The first kappa shape index (κ1) is 50.6. The molecule has 2 aliphatic rings. The third-order valence-electron chi connectivity index (χ3n) is 20.1. The molecule has 0 saturated heterocycles. The molecule has 3 aromatic heterocycles. The molecule has 16 aromatic rings. The van der Waals surface area contributed by atoms with Crippen LogP contribution in [0.1, 0.15) is 55.5 Å². The minimum Gasteiger partial charge on any atom is -0.309 e. The second-order valence-corrected chi connectivity index (χ2v) is 25.8. The molecule has 0 aliphatic heterocycles. The molecule has 2 aliphatic carbocycles. The lowest BCUT2D eigenvalue weighted by molar-refractivity contribution is 0.660. The van der Waals surface area contributed by atoms with Crippen LogP contribution in [0.2, 0.25) is 0 Å². The van der Waals surface area contributed by atoms with Gasteiger partial charge in [0.1, 0.15) is 0 Å². The van der Waals surface area contributed by atoms with Crippen molar-refractivity contribution in [2.45, 2.75) is 45.4 Å². The molecule has 0 radical (unpaired) electrons. The van der Waals surface area contributed by atoms with E-state index in [-0.39, 0.29) is 10.8 Å². The lowest BCUT2D eigenvalue weighted by atomic mass is 9.82. The third kappa shape index (κ3) is 7.37. The molecule has 0 fully saturated rings. The smallest absolute Gasteiger partial charge is 0.0541 e. The Hall–Kier alpha value is -10.7. The summed E-state index contributed by atoms with van der Waals surface area (Å²) in [6.45, 7) is 11.6. The molecule has 0 bridgehead atoms. The highest BCUT2D eigenvalue weighted by Gasteiger charge is 2.37. The number of hydrogen-bond donors (Lipinski definition) is 0. The summed E-state index contributed by atoms with van der Waals surface area (Å²) in [7, 11) is 0. The van der Waals surface area contributed by atoms with Crippen LogP contribution in [0.3, 0.4) is 0 Å². The standard InChI is InChI=1S/C85H61N3/c1-52-27-29-54(30-28-52)60-43-59(53-17-7-6-8-18-53)44-63(45-60)88-82-41-33-57(55-31-39-80-70(46-55)68-21-11-15-25-78(68)86(80)61-35-37-66-64-19-9-13-23-74(64)84(2,3)76(66)50-61)48-72(82)73-49-58(34-42-83(73)88)56-32-40-81-71(47-56)69-22-12-16-26-79(69)87(81)62-36-38-67-65-20-10-14-24-75(65)85(4,5)77(67)51-62/h6-51H,1-5H3. The van der Waals surface area contributed by atoms with E-state index in [1.807, 2.05) is 0 Å². The van der Waals surface area contributed by atoms with Gasteiger partial charge in [0.05, 0.1) is 33.1 Å². The van der Waals surface area contributed by atoms with Crippen LogP contribution in [-0.2, 0) is 10.8 Å². The highest BCUT2D eigenvalue weighted by Crippen LogP contribution is 2.52. The van der Waals surface area contributed by atoms with Crippen LogP contribution in [0.25, 0.3) is 149 Å². The molecular formula is C85H61N3. The van der Waals surface area contributed by atoms with Crippen LogP contribution < -0.4 is 0 Å². The fourth-order valence-electron chi connectivity index (χ4n) is 15.6. The first-order valence-corrected chi connectivity index (χ1v) is 31.0. The summed E-state index contributed by atoms with van der Waals surface area (Å²) in [4.78, 5) is 0. The molecule has 0 amide bonds. The van der Waals surface area contributed by atoms with Crippen LogP contribution in [0.15, 0.2) is 279 Å². The number of aryl methyl sites for hydroxylation is 1. The lowest BCUT2D eigenvalue weighted by Crippen LogP contribution is -2.15. The van der Waals surface area contributed by atoms with E-state index < -0.39 is 0 Å². The zero-order valence-electron chi connectivity index (χ0n) is 49.9. The molecule has 0 atom stereocenters. The van der Waals surface area contributed by atoms with Crippen molar-refractivity contribution in [3.8, 4) is 83.8 Å². The van der Waals surface area contributed by atoms with E-state index in [4.69, 9.17) is 0 Å². The normalized spacial score (nSPS) is 13.7. The molecular weight excluding hydrogens is 1060 g/mol. The number of hydrogen-bond acceptors (Lipinski definition) is 0. The largest absolute Gasteiger partial charge is 0.309 e.